The number of anilines is 1. The van der Waals surface area contributed by atoms with Crippen LogP contribution in [-0.2, 0) is 9.53 Å². The molecule has 1 aliphatic rings. The van der Waals surface area contributed by atoms with Crippen LogP contribution in [0.25, 0.3) is 0 Å². The van der Waals surface area contributed by atoms with Gasteiger partial charge in [0.2, 0.25) is 0 Å². The van der Waals surface area contributed by atoms with E-state index < -0.39 is 12.2 Å². The molecule has 1 aromatic rings. The maximum atomic E-state index is 12.3. The lowest BCUT2D eigenvalue weighted by Gasteiger charge is -2.33. The average molecular weight is 318 g/mol. The van der Waals surface area contributed by atoms with Gasteiger partial charge in [-0.15, -0.1) is 6.58 Å². The Kier molecular flexibility index (Phi) is 6.77. The smallest absolute Gasteiger partial charge is 0.256 e. The first kappa shape index (κ1) is 17.7. The molecule has 2 N–H and O–H groups in total. The lowest BCUT2D eigenvalue weighted by Crippen LogP contribution is -2.47. The Labute approximate surface area is 137 Å². The van der Waals surface area contributed by atoms with Crippen molar-refractivity contribution >= 4 is 11.6 Å². The van der Waals surface area contributed by atoms with Gasteiger partial charge < -0.3 is 20.1 Å². The number of rotatable bonds is 7. The molecule has 1 amide bonds. The molecule has 0 radical (unpaired) electrons. The Balaban J connectivity index is 1.87. The monoisotopic (exact) mass is 318 g/mol. The molecule has 5 nitrogen and oxygen atoms in total. The van der Waals surface area contributed by atoms with Crippen molar-refractivity contribution in [1.82, 2.24) is 4.90 Å². The molecule has 1 fully saturated rings. The summed E-state index contributed by atoms with van der Waals surface area (Å²) >= 11 is 0. The SMILES string of the molecule is C=CCN(C)CC[C@@H]1CC[C@H](O)[C@@H](C(=O)Nc2ccccc2)O1. The number of likely N-dealkylation sites (N-methyl/N-ethyl adjacent to an activating group) is 1. The number of aliphatic hydroxyl groups is 1. The van der Waals surface area contributed by atoms with E-state index in [2.05, 4.69) is 16.8 Å². The van der Waals surface area contributed by atoms with Crippen molar-refractivity contribution in [3.8, 4) is 0 Å². The van der Waals surface area contributed by atoms with Crippen molar-refractivity contribution in [2.75, 3.05) is 25.5 Å². The molecule has 1 heterocycles. The maximum absolute atomic E-state index is 12.3. The average Bonchev–Trinajstić information content (AvgIpc) is 2.55. The highest BCUT2D eigenvalue weighted by atomic mass is 16.5. The third kappa shape index (κ3) is 5.46. The number of hydrogen-bond acceptors (Lipinski definition) is 4. The van der Waals surface area contributed by atoms with Crippen LogP contribution < -0.4 is 5.32 Å². The first-order valence-electron chi connectivity index (χ1n) is 8.09. The van der Waals surface area contributed by atoms with E-state index in [0.29, 0.717) is 12.1 Å². The Morgan fingerprint density at radius 3 is 2.87 bits per heavy atom. The minimum Gasteiger partial charge on any atom is -0.390 e. The minimum absolute atomic E-state index is 0.00260. The number of ether oxygens (including phenoxy) is 1. The van der Waals surface area contributed by atoms with Gasteiger partial charge in [0.15, 0.2) is 6.10 Å². The molecular formula is C18H26N2O3. The second-order valence-corrected chi connectivity index (χ2v) is 6.02. The van der Waals surface area contributed by atoms with E-state index >= 15 is 0 Å². The third-order valence-corrected chi connectivity index (χ3v) is 4.05. The van der Waals surface area contributed by atoms with Crippen molar-refractivity contribution < 1.29 is 14.6 Å². The fourth-order valence-electron chi connectivity index (χ4n) is 2.73. The van der Waals surface area contributed by atoms with Crippen molar-refractivity contribution in [2.24, 2.45) is 0 Å². The van der Waals surface area contributed by atoms with Crippen LogP contribution in [0.2, 0.25) is 0 Å². The zero-order valence-electron chi connectivity index (χ0n) is 13.6. The molecule has 1 aliphatic heterocycles. The summed E-state index contributed by atoms with van der Waals surface area (Å²) < 4.78 is 5.85. The highest BCUT2D eigenvalue weighted by Gasteiger charge is 2.35. The van der Waals surface area contributed by atoms with Crippen LogP contribution in [-0.4, -0.2) is 54.4 Å². The molecule has 0 aromatic heterocycles. The van der Waals surface area contributed by atoms with E-state index in [1.165, 1.54) is 0 Å². The highest BCUT2D eigenvalue weighted by Crippen LogP contribution is 2.23. The van der Waals surface area contributed by atoms with Gasteiger partial charge in [-0.3, -0.25) is 4.79 Å². The number of aliphatic hydroxyl groups excluding tert-OH is 1. The number of para-hydroxylation sites is 1. The Morgan fingerprint density at radius 1 is 1.43 bits per heavy atom. The number of carbonyl (C=O) groups excluding carboxylic acids is 1. The van der Waals surface area contributed by atoms with Gasteiger partial charge >= 0.3 is 0 Å². The summed E-state index contributed by atoms with van der Waals surface area (Å²) in [6.45, 7) is 5.42. The largest absolute Gasteiger partial charge is 0.390 e. The van der Waals surface area contributed by atoms with Crippen LogP contribution in [0, 0.1) is 0 Å². The summed E-state index contributed by atoms with van der Waals surface area (Å²) in [7, 11) is 2.03. The number of hydrogen-bond donors (Lipinski definition) is 2. The normalized spacial score (nSPS) is 24.4. The predicted octanol–water partition coefficient (Wildman–Crippen LogP) is 2.04. The molecule has 0 spiro atoms. The summed E-state index contributed by atoms with van der Waals surface area (Å²) in [5.41, 5.74) is 0.709. The molecule has 0 aliphatic carbocycles. The number of nitrogens with zero attached hydrogens (tertiary/aromatic N) is 1. The van der Waals surface area contributed by atoms with Crippen molar-refractivity contribution in [3.05, 3.63) is 43.0 Å². The second kappa shape index (κ2) is 8.82. The highest BCUT2D eigenvalue weighted by molar-refractivity contribution is 5.94. The second-order valence-electron chi connectivity index (χ2n) is 6.02. The first-order chi connectivity index (χ1) is 11.1. The van der Waals surface area contributed by atoms with E-state index in [4.69, 9.17) is 4.74 Å². The Morgan fingerprint density at radius 2 is 2.17 bits per heavy atom. The van der Waals surface area contributed by atoms with Gasteiger partial charge in [-0.2, -0.15) is 0 Å². The van der Waals surface area contributed by atoms with Gasteiger partial charge in [-0.1, -0.05) is 24.3 Å². The molecule has 5 heteroatoms. The molecule has 0 bridgehead atoms. The third-order valence-electron chi connectivity index (χ3n) is 4.05. The summed E-state index contributed by atoms with van der Waals surface area (Å²) in [5.74, 6) is -0.284. The fraction of sp³-hybridized carbons (Fsp3) is 0.500. The van der Waals surface area contributed by atoms with Crippen LogP contribution in [0.1, 0.15) is 19.3 Å². The van der Waals surface area contributed by atoms with Crippen molar-refractivity contribution in [2.45, 2.75) is 37.6 Å². The van der Waals surface area contributed by atoms with Crippen LogP contribution in [0.3, 0.4) is 0 Å². The van der Waals surface area contributed by atoms with E-state index in [0.717, 1.165) is 25.9 Å². The predicted molar refractivity (Wildman–Crippen MR) is 91.3 cm³/mol. The molecule has 2 rings (SSSR count). The van der Waals surface area contributed by atoms with E-state index in [9.17, 15) is 9.90 Å². The first-order valence-corrected chi connectivity index (χ1v) is 8.09. The summed E-state index contributed by atoms with van der Waals surface area (Å²) in [6.07, 6.45) is 2.51. The van der Waals surface area contributed by atoms with Gasteiger partial charge in [0.1, 0.15) is 0 Å². The van der Waals surface area contributed by atoms with Crippen LogP contribution in [0.15, 0.2) is 43.0 Å². The van der Waals surface area contributed by atoms with Gasteiger partial charge in [-0.25, -0.2) is 0 Å². The lowest BCUT2D eigenvalue weighted by molar-refractivity contribution is -0.153. The number of nitrogens with one attached hydrogen (secondary N) is 1. The molecular weight excluding hydrogens is 292 g/mol. The number of benzene rings is 1. The summed E-state index contributed by atoms with van der Waals surface area (Å²) in [6, 6.07) is 9.22. The van der Waals surface area contributed by atoms with E-state index in [1.54, 1.807) is 0 Å². The van der Waals surface area contributed by atoms with Gasteiger partial charge in [0.25, 0.3) is 5.91 Å². The van der Waals surface area contributed by atoms with Crippen molar-refractivity contribution in [1.29, 1.82) is 0 Å². The van der Waals surface area contributed by atoms with E-state index in [-0.39, 0.29) is 12.0 Å². The summed E-state index contributed by atoms with van der Waals surface area (Å²) in [5, 5.41) is 12.9. The molecule has 0 unspecified atom stereocenters. The zero-order chi connectivity index (χ0) is 16.7. The molecule has 0 saturated carbocycles. The van der Waals surface area contributed by atoms with Crippen molar-refractivity contribution in [3.63, 3.8) is 0 Å². The molecule has 1 saturated heterocycles. The van der Waals surface area contributed by atoms with Gasteiger partial charge in [0.05, 0.1) is 12.2 Å². The lowest BCUT2D eigenvalue weighted by atomic mass is 9.98. The number of carbonyl (C=O) groups is 1. The summed E-state index contributed by atoms with van der Waals surface area (Å²) in [4.78, 5) is 14.5. The molecule has 23 heavy (non-hydrogen) atoms. The fourth-order valence-corrected chi connectivity index (χ4v) is 2.73. The quantitative estimate of drug-likeness (QED) is 0.755. The topological polar surface area (TPSA) is 61.8 Å². The molecule has 3 atom stereocenters. The van der Waals surface area contributed by atoms with E-state index in [1.807, 2.05) is 43.5 Å². The maximum Gasteiger partial charge on any atom is 0.256 e. The Hall–Kier alpha value is -1.69. The molecule has 1 aromatic carbocycles. The van der Waals surface area contributed by atoms with Crippen LogP contribution in [0.4, 0.5) is 5.69 Å². The number of amides is 1. The standard InChI is InChI=1S/C18H26N2O3/c1-3-12-20(2)13-11-15-9-10-16(21)17(23-15)18(22)19-14-7-5-4-6-8-14/h3-8,15-17,21H,1,9-13H2,2H3,(H,19,22)/t15-,16-,17-/m0/s1. The van der Waals surface area contributed by atoms with Crippen LogP contribution >= 0.6 is 0 Å². The van der Waals surface area contributed by atoms with Gasteiger partial charge in [-0.05, 0) is 38.4 Å². The molecule has 126 valence electrons. The zero-order valence-corrected chi connectivity index (χ0v) is 13.6. The van der Waals surface area contributed by atoms with Crippen LogP contribution in [0.5, 0.6) is 0 Å². The van der Waals surface area contributed by atoms with Gasteiger partial charge in [0, 0.05) is 18.8 Å². The minimum atomic E-state index is -0.807. The Bertz CT molecular complexity index is 506.